The molecule has 9 heteroatoms. The van der Waals surface area contributed by atoms with Gasteiger partial charge in [-0.3, -0.25) is 0 Å². The SMILES string of the molecule is COc1cccc(Nc2nncc(Nc3cccc(C(F)(F)F)c3)n2)c1. The van der Waals surface area contributed by atoms with E-state index in [9.17, 15) is 13.2 Å². The molecule has 0 aliphatic heterocycles. The van der Waals surface area contributed by atoms with Gasteiger partial charge in [0.05, 0.1) is 18.9 Å². The van der Waals surface area contributed by atoms with E-state index >= 15 is 0 Å². The average molecular weight is 361 g/mol. The molecule has 6 nitrogen and oxygen atoms in total. The van der Waals surface area contributed by atoms with Gasteiger partial charge in [-0.1, -0.05) is 12.1 Å². The number of ether oxygens (including phenoxy) is 1. The van der Waals surface area contributed by atoms with Gasteiger partial charge in [0.2, 0.25) is 5.95 Å². The normalized spacial score (nSPS) is 11.1. The van der Waals surface area contributed by atoms with E-state index in [-0.39, 0.29) is 17.5 Å². The molecule has 1 aromatic heterocycles. The number of halogens is 3. The highest BCUT2D eigenvalue weighted by molar-refractivity contribution is 5.60. The molecule has 2 N–H and O–H groups in total. The van der Waals surface area contributed by atoms with Crippen LogP contribution in [0.3, 0.4) is 0 Å². The first-order chi connectivity index (χ1) is 12.4. The number of rotatable bonds is 5. The highest BCUT2D eigenvalue weighted by atomic mass is 19.4. The third-order valence-electron chi connectivity index (χ3n) is 3.35. The van der Waals surface area contributed by atoms with Crippen LogP contribution >= 0.6 is 0 Å². The fraction of sp³-hybridized carbons (Fsp3) is 0.118. The van der Waals surface area contributed by atoms with Crippen molar-refractivity contribution >= 4 is 23.1 Å². The Morgan fingerprint density at radius 2 is 1.69 bits per heavy atom. The van der Waals surface area contributed by atoms with Crippen LogP contribution in [0.15, 0.2) is 54.7 Å². The van der Waals surface area contributed by atoms with Crippen molar-refractivity contribution < 1.29 is 17.9 Å². The lowest BCUT2D eigenvalue weighted by Crippen LogP contribution is -2.06. The smallest absolute Gasteiger partial charge is 0.416 e. The largest absolute Gasteiger partial charge is 0.497 e. The van der Waals surface area contributed by atoms with Crippen molar-refractivity contribution in [2.24, 2.45) is 0 Å². The van der Waals surface area contributed by atoms with Crippen LogP contribution in [0.2, 0.25) is 0 Å². The molecule has 26 heavy (non-hydrogen) atoms. The van der Waals surface area contributed by atoms with Crippen LogP contribution in [0.5, 0.6) is 5.75 Å². The first kappa shape index (κ1) is 17.5. The minimum Gasteiger partial charge on any atom is -0.497 e. The van der Waals surface area contributed by atoms with Gasteiger partial charge in [0, 0.05) is 17.4 Å². The number of hydrogen-bond acceptors (Lipinski definition) is 6. The van der Waals surface area contributed by atoms with Gasteiger partial charge < -0.3 is 15.4 Å². The summed E-state index contributed by atoms with van der Waals surface area (Å²) in [6.45, 7) is 0. The summed E-state index contributed by atoms with van der Waals surface area (Å²) in [6, 6.07) is 11.9. The topological polar surface area (TPSA) is 72.0 Å². The molecule has 0 unspecified atom stereocenters. The fourth-order valence-electron chi connectivity index (χ4n) is 2.17. The summed E-state index contributed by atoms with van der Waals surface area (Å²) >= 11 is 0. The van der Waals surface area contributed by atoms with Crippen molar-refractivity contribution in [2.45, 2.75) is 6.18 Å². The standard InChI is InChI=1S/C17H14F3N5O/c1-26-14-7-3-6-13(9-14)23-16-24-15(10-21-25-16)22-12-5-2-4-11(8-12)17(18,19)20/h2-10H,1H3,(H2,22,23,24,25). The quantitative estimate of drug-likeness (QED) is 0.702. The molecule has 0 radical (unpaired) electrons. The summed E-state index contributed by atoms with van der Waals surface area (Å²) in [5.41, 5.74) is 0.175. The van der Waals surface area contributed by atoms with Gasteiger partial charge in [-0.2, -0.15) is 23.3 Å². The zero-order valence-electron chi connectivity index (χ0n) is 13.6. The first-order valence-corrected chi connectivity index (χ1v) is 7.49. The van der Waals surface area contributed by atoms with Gasteiger partial charge >= 0.3 is 6.18 Å². The molecule has 0 fully saturated rings. The molecule has 2 aromatic carbocycles. The average Bonchev–Trinajstić information content (AvgIpc) is 2.62. The molecule has 0 amide bonds. The number of anilines is 4. The summed E-state index contributed by atoms with van der Waals surface area (Å²) in [4.78, 5) is 4.19. The van der Waals surface area contributed by atoms with Crippen LogP contribution in [-0.2, 0) is 6.18 Å². The van der Waals surface area contributed by atoms with Crippen LogP contribution in [-0.4, -0.2) is 22.3 Å². The Balaban J connectivity index is 1.77. The van der Waals surface area contributed by atoms with Crippen LogP contribution in [0.25, 0.3) is 0 Å². The number of nitrogens with one attached hydrogen (secondary N) is 2. The lowest BCUT2D eigenvalue weighted by atomic mass is 10.2. The molecule has 0 spiro atoms. The van der Waals surface area contributed by atoms with Gasteiger partial charge in [-0.25, -0.2) is 0 Å². The van der Waals surface area contributed by atoms with Crippen LogP contribution < -0.4 is 15.4 Å². The molecule has 3 rings (SSSR count). The van der Waals surface area contributed by atoms with Crippen LogP contribution in [0.4, 0.5) is 36.3 Å². The van der Waals surface area contributed by atoms with Gasteiger partial charge in [-0.15, -0.1) is 5.10 Å². The van der Waals surface area contributed by atoms with E-state index in [4.69, 9.17) is 4.74 Å². The predicted molar refractivity (Wildman–Crippen MR) is 90.8 cm³/mol. The Kier molecular flexibility index (Phi) is 4.87. The molecule has 3 aromatic rings. The Bertz CT molecular complexity index is 901. The third-order valence-corrected chi connectivity index (χ3v) is 3.35. The Morgan fingerprint density at radius 1 is 0.962 bits per heavy atom. The van der Waals surface area contributed by atoms with E-state index in [0.717, 1.165) is 12.1 Å². The molecule has 1 heterocycles. The number of alkyl halides is 3. The maximum atomic E-state index is 12.8. The van der Waals surface area contributed by atoms with Crippen LogP contribution in [0.1, 0.15) is 5.56 Å². The molecule has 0 aliphatic rings. The molecule has 0 saturated carbocycles. The fourth-order valence-corrected chi connectivity index (χ4v) is 2.17. The number of benzene rings is 2. The summed E-state index contributed by atoms with van der Waals surface area (Å²) in [5.74, 6) is 1.10. The van der Waals surface area contributed by atoms with E-state index in [1.165, 1.54) is 18.3 Å². The second-order valence-electron chi connectivity index (χ2n) is 5.23. The number of nitrogens with zero attached hydrogens (tertiary/aromatic N) is 3. The Labute approximate surface area is 147 Å². The number of hydrogen-bond donors (Lipinski definition) is 2. The highest BCUT2D eigenvalue weighted by Crippen LogP contribution is 2.31. The Morgan fingerprint density at radius 3 is 2.42 bits per heavy atom. The highest BCUT2D eigenvalue weighted by Gasteiger charge is 2.30. The molecule has 134 valence electrons. The summed E-state index contributed by atoms with van der Waals surface area (Å²) in [6.07, 6.45) is -3.10. The van der Waals surface area contributed by atoms with E-state index in [1.54, 1.807) is 31.4 Å². The van der Waals surface area contributed by atoms with Crippen molar-refractivity contribution in [1.29, 1.82) is 0 Å². The van der Waals surface area contributed by atoms with Crippen molar-refractivity contribution in [2.75, 3.05) is 17.7 Å². The third kappa shape index (κ3) is 4.38. The van der Waals surface area contributed by atoms with Crippen molar-refractivity contribution in [3.8, 4) is 5.75 Å². The van der Waals surface area contributed by atoms with Gasteiger partial charge in [0.15, 0.2) is 5.82 Å². The molecule has 0 aliphatic carbocycles. The molecular formula is C17H14F3N5O. The maximum absolute atomic E-state index is 12.8. The summed E-state index contributed by atoms with van der Waals surface area (Å²) < 4.78 is 43.5. The number of aromatic nitrogens is 3. The van der Waals surface area contributed by atoms with Crippen molar-refractivity contribution in [1.82, 2.24) is 15.2 Å². The van der Waals surface area contributed by atoms with E-state index in [0.29, 0.717) is 11.4 Å². The minimum absolute atomic E-state index is 0.190. The van der Waals surface area contributed by atoms with Crippen molar-refractivity contribution in [3.05, 3.63) is 60.3 Å². The lowest BCUT2D eigenvalue weighted by molar-refractivity contribution is -0.137. The monoisotopic (exact) mass is 361 g/mol. The van der Waals surface area contributed by atoms with E-state index < -0.39 is 11.7 Å². The second-order valence-corrected chi connectivity index (χ2v) is 5.23. The summed E-state index contributed by atoms with van der Waals surface area (Å²) in [5, 5.41) is 13.4. The molecular weight excluding hydrogens is 347 g/mol. The van der Waals surface area contributed by atoms with E-state index in [1.807, 2.05) is 0 Å². The van der Waals surface area contributed by atoms with Gasteiger partial charge in [0.1, 0.15) is 5.75 Å². The second kappa shape index (κ2) is 7.26. The molecule has 0 saturated heterocycles. The summed E-state index contributed by atoms with van der Waals surface area (Å²) in [7, 11) is 1.55. The van der Waals surface area contributed by atoms with E-state index in [2.05, 4.69) is 25.8 Å². The lowest BCUT2D eigenvalue weighted by Gasteiger charge is -2.11. The molecule has 0 atom stereocenters. The van der Waals surface area contributed by atoms with Crippen molar-refractivity contribution in [3.63, 3.8) is 0 Å². The zero-order valence-corrected chi connectivity index (χ0v) is 13.6. The maximum Gasteiger partial charge on any atom is 0.416 e. The van der Waals surface area contributed by atoms with Gasteiger partial charge in [-0.05, 0) is 30.3 Å². The Hall–Kier alpha value is -3.36. The first-order valence-electron chi connectivity index (χ1n) is 7.49. The molecule has 0 bridgehead atoms. The number of methoxy groups -OCH3 is 1. The zero-order chi connectivity index (χ0) is 18.6. The van der Waals surface area contributed by atoms with Crippen LogP contribution in [0, 0.1) is 0 Å². The van der Waals surface area contributed by atoms with Gasteiger partial charge in [0.25, 0.3) is 0 Å². The minimum atomic E-state index is -4.42. The predicted octanol–water partition coefficient (Wildman–Crippen LogP) is 4.39.